The molecule has 0 aromatic carbocycles. The van der Waals surface area contributed by atoms with E-state index in [1.807, 2.05) is 26.0 Å². The van der Waals surface area contributed by atoms with Gasteiger partial charge in [0, 0.05) is 12.4 Å². The van der Waals surface area contributed by atoms with Crippen LogP contribution in [0.15, 0.2) is 18.7 Å². The van der Waals surface area contributed by atoms with E-state index >= 15 is 0 Å². The normalized spacial score (nSPS) is 7.60. The summed E-state index contributed by atoms with van der Waals surface area (Å²) in [6.45, 7) is 0. The van der Waals surface area contributed by atoms with E-state index in [0.29, 0.717) is 0 Å². The fourth-order valence-electron chi connectivity index (χ4n) is 0.215. The molecule has 10 heavy (non-hydrogen) atoms. The van der Waals surface area contributed by atoms with Crippen molar-refractivity contribution in [3.63, 3.8) is 0 Å². The lowest BCUT2D eigenvalue weighted by Crippen LogP contribution is -1.99. The van der Waals surface area contributed by atoms with Gasteiger partial charge < -0.3 is 9.88 Å². The first-order chi connectivity index (χ1) is 4.23. The summed E-state index contributed by atoms with van der Waals surface area (Å²) in [6, 6.07) is 0. The Morgan fingerprint density at radius 2 is 1.80 bits per heavy atom. The van der Waals surface area contributed by atoms with Crippen molar-refractivity contribution in [1.82, 2.24) is 14.9 Å². The molecule has 1 N–H and O–H groups in total. The molecule has 1 aromatic heterocycles. The second kappa shape index (κ2) is 8.39. The standard InChI is InChI=1S/C3H4N2.C3H9N.H4Si/c1-2-5-3-4-1;1-4(2)3;/h1-3H,(H,4,5);1-3H3;1H4. The molecule has 0 spiro atoms. The van der Waals surface area contributed by atoms with Crippen LogP contribution in [0.3, 0.4) is 0 Å². The summed E-state index contributed by atoms with van der Waals surface area (Å²) in [5, 5.41) is 0. The van der Waals surface area contributed by atoms with Gasteiger partial charge in [-0.3, -0.25) is 0 Å². The lowest BCUT2D eigenvalue weighted by Gasteiger charge is -1.90. The molecule has 0 atom stereocenters. The highest BCUT2D eigenvalue weighted by molar-refractivity contribution is 5.75. The van der Waals surface area contributed by atoms with E-state index in [0.717, 1.165) is 0 Å². The number of imidazole rings is 1. The molecule has 0 aliphatic carbocycles. The summed E-state index contributed by atoms with van der Waals surface area (Å²) in [6.07, 6.45) is 5.08. The smallest absolute Gasteiger partial charge is 0.0919 e. The highest BCUT2D eigenvalue weighted by atomic mass is 28.1. The molecule has 4 heteroatoms. The summed E-state index contributed by atoms with van der Waals surface area (Å²) in [5.74, 6) is 0. The fourth-order valence-corrected chi connectivity index (χ4v) is 0.215. The van der Waals surface area contributed by atoms with Gasteiger partial charge in [-0.25, -0.2) is 4.98 Å². The Morgan fingerprint density at radius 1 is 1.30 bits per heavy atom. The van der Waals surface area contributed by atoms with Gasteiger partial charge in [-0.05, 0) is 32.1 Å². The van der Waals surface area contributed by atoms with E-state index in [2.05, 4.69) is 9.97 Å². The van der Waals surface area contributed by atoms with Gasteiger partial charge in [0.1, 0.15) is 0 Å². The first kappa shape index (κ1) is 12.1. The second-order valence-corrected chi connectivity index (χ2v) is 2.10. The van der Waals surface area contributed by atoms with Gasteiger partial charge in [0.2, 0.25) is 0 Å². The Labute approximate surface area is 66.5 Å². The molecular weight excluding hydrogens is 142 g/mol. The lowest BCUT2D eigenvalue weighted by molar-refractivity contribution is 0.505. The summed E-state index contributed by atoms with van der Waals surface area (Å²) in [4.78, 5) is 8.42. The summed E-state index contributed by atoms with van der Waals surface area (Å²) < 4.78 is 0. The van der Waals surface area contributed by atoms with Crippen LogP contribution in [-0.2, 0) is 0 Å². The molecule has 0 saturated heterocycles. The zero-order valence-electron chi connectivity index (χ0n) is 6.13. The predicted molar refractivity (Wildman–Crippen MR) is 49.5 cm³/mol. The van der Waals surface area contributed by atoms with Crippen LogP contribution < -0.4 is 0 Å². The average molecular weight is 159 g/mol. The Hall–Kier alpha value is -0.613. The maximum absolute atomic E-state index is 3.67. The van der Waals surface area contributed by atoms with Crippen LogP contribution in [0.5, 0.6) is 0 Å². The maximum Gasteiger partial charge on any atom is 0.0919 e. The number of aromatic nitrogens is 2. The Kier molecular flexibility index (Phi) is 10.1. The first-order valence-electron chi connectivity index (χ1n) is 2.77. The third-order valence-corrected chi connectivity index (χ3v) is 0.406. The molecule has 1 rings (SSSR count). The maximum atomic E-state index is 3.67. The van der Waals surface area contributed by atoms with Gasteiger partial charge in [0.05, 0.1) is 6.33 Å². The van der Waals surface area contributed by atoms with Crippen molar-refractivity contribution < 1.29 is 0 Å². The number of hydrogen-bond donors (Lipinski definition) is 1. The van der Waals surface area contributed by atoms with Crippen molar-refractivity contribution >= 4 is 11.0 Å². The van der Waals surface area contributed by atoms with Crippen molar-refractivity contribution in [2.75, 3.05) is 21.1 Å². The Morgan fingerprint density at radius 3 is 1.90 bits per heavy atom. The fraction of sp³-hybridized carbons (Fsp3) is 0.500. The van der Waals surface area contributed by atoms with Crippen molar-refractivity contribution in [2.45, 2.75) is 0 Å². The molecule has 0 aliphatic heterocycles. The van der Waals surface area contributed by atoms with E-state index in [4.69, 9.17) is 0 Å². The third-order valence-electron chi connectivity index (χ3n) is 0.406. The first-order valence-corrected chi connectivity index (χ1v) is 2.77. The zero-order valence-corrected chi connectivity index (χ0v) is 6.13. The largest absolute Gasteiger partial charge is 0.351 e. The molecular formula is C6H17N3Si. The summed E-state index contributed by atoms with van der Waals surface area (Å²) in [5.41, 5.74) is 0. The van der Waals surface area contributed by atoms with Crippen LogP contribution >= 0.6 is 0 Å². The van der Waals surface area contributed by atoms with Crippen LogP contribution in [0.2, 0.25) is 0 Å². The Bertz CT molecular complexity index is 96.6. The SMILES string of the molecule is CN(C)C.[SiH4].c1c[nH]cn1. The number of aromatic amines is 1. The van der Waals surface area contributed by atoms with Gasteiger partial charge in [-0.2, -0.15) is 0 Å². The van der Waals surface area contributed by atoms with E-state index in [1.54, 1.807) is 18.7 Å². The van der Waals surface area contributed by atoms with E-state index in [-0.39, 0.29) is 11.0 Å². The van der Waals surface area contributed by atoms with Crippen molar-refractivity contribution in [1.29, 1.82) is 0 Å². The molecule has 0 aliphatic rings. The number of hydrogen-bond acceptors (Lipinski definition) is 2. The number of rotatable bonds is 0. The van der Waals surface area contributed by atoms with Gasteiger partial charge in [0.25, 0.3) is 0 Å². The van der Waals surface area contributed by atoms with Crippen molar-refractivity contribution in [3.8, 4) is 0 Å². The minimum absolute atomic E-state index is 0. The quantitative estimate of drug-likeness (QED) is 0.499. The molecule has 0 fully saturated rings. The molecule has 0 radical (unpaired) electrons. The van der Waals surface area contributed by atoms with Crippen molar-refractivity contribution in [2.24, 2.45) is 0 Å². The van der Waals surface area contributed by atoms with Gasteiger partial charge in [-0.15, -0.1) is 0 Å². The van der Waals surface area contributed by atoms with E-state index in [9.17, 15) is 0 Å². The lowest BCUT2D eigenvalue weighted by atomic mass is 11.0. The van der Waals surface area contributed by atoms with Gasteiger partial charge >= 0.3 is 0 Å². The van der Waals surface area contributed by atoms with Crippen molar-refractivity contribution in [3.05, 3.63) is 18.7 Å². The topological polar surface area (TPSA) is 31.9 Å². The van der Waals surface area contributed by atoms with Crippen LogP contribution in [0, 0.1) is 0 Å². The molecule has 0 amide bonds. The van der Waals surface area contributed by atoms with E-state index < -0.39 is 0 Å². The summed E-state index contributed by atoms with van der Waals surface area (Å²) in [7, 11) is 6.00. The molecule has 0 bridgehead atoms. The number of nitrogens with zero attached hydrogens (tertiary/aromatic N) is 2. The highest BCUT2D eigenvalue weighted by Gasteiger charge is 1.58. The summed E-state index contributed by atoms with van der Waals surface area (Å²) >= 11 is 0. The van der Waals surface area contributed by atoms with E-state index in [1.165, 1.54) is 0 Å². The van der Waals surface area contributed by atoms with Crippen LogP contribution in [-0.4, -0.2) is 47.0 Å². The third kappa shape index (κ3) is 15.7. The minimum atomic E-state index is 0. The highest BCUT2D eigenvalue weighted by Crippen LogP contribution is 1.62. The number of nitrogens with one attached hydrogen (secondary N) is 1. The van der Waals surface area contributed by atoms with Gasteiger partial charge in [-0.1, -0.05) is 0 Å². The minimum Gasteiger partial charge on any atom is -0.351 e. The molecule has 0 unspecified atom stereocenters. The van der Waals surface area contributed by atoms with Crippen LogP contribution in [0.1, 0.15) is 0 Å². The second-order valence-electron chi connectivity index (χ2n) is 2.10. The molecule has 1 heterocycles. The van der Waals surface area contributed by atoms with Crippen LogP contribution in [0.25, 0.3) is 0 Å². The molecule has 1 aromatic rings. The number of H-pyrrole nitrogens is 1. The van der Waals surface area contributed by atoms with Gasteiger partial charge in [0.15, 0.2) is 0 Å². The van der Waals surface area contributed by atoms with Crippen LogP contribution in [0.4, 0.5) is 0 Å². The predicted octanol–water partition coefficient (Wildman–Crippen LogP) is -0.864. The Balaban J connectivity index is 0. The molecule has 3 nitrogen and oxygen atoms in total. The molecule has 60 valence electrons. The monoisotopic (exact) mass is 159 g/mol. The molecule has 0 saturated carbocycles. The average Bonchev–Trinajstić information content (AvgIpc) is 2.11. The zero-order chi connectivity index (χ0) is 7.11.